The highest BCUT2D eigenvalue weighted by Gasteiger charge is 2.45. The van der Waals surface area contributed by atoms with Crippen molar-refractivity contribution in [1.29, 1.82) is 0 Å². The molecule has 1 aliphatic carbocycles. The second-order valence-electron chi connectivity index (χ2n) is 6.11. The van der Waals surface area contributed by atoms with Crippen LogP contribution in [0.5, 0.6) is 0 Å². The van der Waals surface area contributed by atoms with Crippen molar-refractivity contribution in [3.8, 4) is 0 Å². The molecule has 1 saturated carbocycles. The third-order valence-corrected chi connectivity index (χ3v) is 4.46. The molecule has 0 aromatic heterocycles. The highest BCUT2D eigenvalue weighted by molar-refractivity contribution is 5.86. The maximum atomic E-state index is 11.7. The van der Waals surface area contributed by atoms with E-state index >= 15 is 0 Å². The Morgan fingerprint density at radius 2 is 2.05 bits per heavy atom. The molecular formula is C15H26N2O4. The second kappa shape index (κ2) is 7.64. The number of carbonyl (C=O) groups excluding carboxylic acids is 2. The maximum Gasteiger partial charge on any atom is 0.425 e. The van der Waals surface area contributed by atoms with Crippen LogP contribution in [-0.2, 0) is 14.3 Å². The fourth-order valence-electron chi connectivity index (χ4n) is 3.13. The Balaban J connectivity index is 1.55. The Bertz CT molecular complexity index is 369. The van der Waals surface area contributed by atoms with Gasteiger partial charge < -0.3 is 9.47 Å². The molecule has 1 aliphatic heterocycles. The number of hydrogen-bond acceptors (Lipinski definition) is 5. The van der Waals surface area contributed by atoms with Gasteiger partial charge in [-0.15, -0.1) is 0 Å². The molecule has 120 valence electrons. The first-order valence-electron chi connectivity index (χ1n) is 8.00. The maximum absolute atomic E-state index is 11.7. The molecule has 0 unspecified atom stereocenters. The molecular weight excluding hydrogens is 272 g/mol. The van der Waals surface area contributed by atoms with Gasteiger partial charge in [0.25, 0.3) is 0 Å². The summed E-state index contributed by atoms with van der Waals surface area (Å²) in [5.74, 6) is 5.97. The van der Waals surface area contributed by atoms with Gasteiger partial charge in [-0.2, -0.15) is 0 Å². The van der Waals surface area contributed by atoms with Gasteiger partial charge in [0.2, 0.25) is 0 Å². The smallest absolute Gasteiger partial charge is 0.425 e. The Labute approximate surface area is 125 Å². The predicted molar refractivity (Wildman–Crippen MR) is 77.1 cm³/mol. The summed E-state index contributed by atoms with van der Waals surface area (Å²) >= 11 is 0. The van der Waals surface area contributed by atoms with Crippen LogP contribution in [0.4, 0.5) is 4.79 Å². The summed E-state index contributed by atoms with van der Waals surface area (Å²) in [5, 5.41) is 0.845. The van der Waals surface area contributed by atoms with Crippen LogP contribution >= 0.6 is 0 Å². The van der Waals surface area contributed by atoms with Gasteiger partial charge in [0, 0.05) is 0 Å². The average molecular weight is 298 g/mol. The summed E-state index contributed by atoms with van der Waals surface area (Å²) in [5.41, 5.74) is 0. The number of amides is 1. The number of ether oxygens (including phenoxy) is 2. The van der Waals surface area contributed by atoms with Gasteiger partial charge in [-0.3, -0.25) is 0 Å². The first-order chi connectivity index (χ1) is 10.1. The predicted octanol–water partition coefficient (Wildman–Crippen LogP) is 2.36. The lowest BCUT2D eigenvalue weighted by Gasteiger charge is -2.37. The fraction of sp³-hybridized carbons (Fsp3) is 0.867. The van der Waals surface area contributed by atoms with Crippen molar-refractivity contribution in [2.45, 2.75) is 70.4 Å². The van der Waals surface area contributed by atoms with Gasteiger partial charge in [-0.25, -0.2) is 20.4 Å². The van der Waals surface area contributed by atoms with Crippen molar-refractivity contribution in [2.24, 2.45) is 11.8 Å². The number of nitrogens with two attached hydrogens (primary N) is 1. The minimum absolute atomic E-state index is 0.357. The molecule has 6 heteroatoms. The lowest BCUT2D eigenvalue weighted by atomic mass is 9.86. The summed E-state index contributed by atoms with van der Waals surface area (Å²) < 4.78 is 9.87. The third-order valence-electron chi connectivity index (χ3n) is 4.46. The molecule has 0 aromatic rings. The third kappa shape index (κ3) is 4.33. The zero-order valence-corrected chi connectivity index (χ0v) is 12.8. The Morgan fingerprint density at radius 3 is 2.67 bits per heavy atom. The van der Waals surface area contributed by atoms with E-state index in [4.69, 9.17) is 15.3 Å². The van der Waals surface area contributed by atoms with Crippen LogP contribution in [0.2, 0.25) is 0 Å². The van der Waals surface area contributed by atoms with Crippen molar-refractivity contribution in [2.75, 3.05) is 6.61 Å². The largest absolute Gasteiger partial charge is 0.458 e. The lowest BCUT2D eigenvalue weighted by molar-refractivity contribution is -0.183. The van der Waals surface area contributed by atoms with E-state index in [0.29, 0.717) is 6.61 Å². The van der Waals surface area contributed by atoms with Gasteiger partial charge in [-0.05, 0) is 25.7 Å². The molecule has 0 spiro atoms. The van der Waals surface area contributed by atoms with Crippen molar-refractivity contribution in [3.05, 3.63) is 0 Å². The molecule has 1 heterocycles. The highest BCUT2D eigenvalue weighted by atomic mass is 16.6. The summed E-state index contributed by atoms with van der Waals surface area (Å²) in [6, 6.07) is -0.709. The molecule has 1 saturated heterocycles. The highest BCUT2D eigenvalue weighted by Crippen LogP contribution is 2.27. The second-order valence-corrected chi connectivity index (χ2v) is 6.11. The van der Waals surface area contributed by atoms with Crippen molar-refractivity contribution in [3.63, 3.8) is 0 Å². The van der Waals surface area contributed by atoms with Gasteiger partial charge in [0.1, 0.15) is 6.10 Å². The number of hydrogen-bond donors (Lipinski definition) is 1. The minimum atomic E-state index is -0.709. The monoisotopic (exact) mass is 298 g/mol. The first-order valence-corrected chi connectivity index (χ1v) is 8.00. The number of esters is 1. The van der Waals surface area contributed by atoms with E-state index in [1.54, 1.807) is 6.92 Å². The molecule has 6 nitrogen and oxygen atoms in total. The van der Waals surface area contributed by atoms with Crippen molar-refractivity contribution < 1.29 is 19.1 Å². The van der Waals surface area contributed by atoms with Crippen LogP contribution in [0.3, 0.4) is 0 Å². The van der Waals surface area contributed by atoms with Crippen LogP contribution in [0.1, 0.15) is 58.3 Å². The summed E-state index contributed by atoms with van der Waals surface area (Å²) in [6.07, 6.45) is 8.91. The Hall–Kier alpha value is -1.30. The van der Waals surface area contributed by atoms with Crippen LogP contribution < -0.4 is 5.84 Å². The van der Waals surface area contributed by atoms with E-state index in [0.717, 1.165) is 23.8 Å². The molecule has 21 heavy (non-hydrogen) atoms. The molecule has 2 fully saturated rings. The summed E-state index contributed by atoms with van der Waals surface area (Å²) in [4.78, 5) is 22.9. The Morgan fingerprint density at radius 1 is 1.33 bits per heavy atom. The van der Waals surface area contributed by atoms with Crippen molar-refractivity contribution >= 4 is 12.1 Å². The van der Waals surface area contributed by atoms with Crippen LogP contribution in [-0.4, -0.2) is 35.8 Å². The van der Waals surface area contributed by atoms with E-state index in [9.17, 15) is 9.59 Å². The molecule has 2 aliphatic rings. The molecule has 0 aromatic carbocycles. The zero-order chi connectivity index (χ0) is 15.2. The quantitative estimate of drug-likeness (QED) is 0.268. The summed E-state index contributed by atoms with van der Waals surface area (Å²) in [6.45, 7) is 2.05. The van der Waals surface area contributed by atoms with Crippen LogP contribution in [0.15, 0.2) is 0 Å². The average Bonchev–Trinajstić information content (AvgIpc) is 2.47. The topological polar surface area (TPSA) is 81.9 Å². The minimum Gasteiger partial charge on any atom is -0.458 e. The standard InChI is InChI=1S/C15H26N2O4/c1-11-13(14(18)21-11)17(16)15(19)20-10-6-5-9-12-7-3-2-4-8-12/h11-13H,2-10,16H2,1H3/t11-,13+/m0/s1. The van der Waals surface area contributed by atoms with E-state index < -0.39 is 18.1 Å². The number of unbranched alkanes of at least 4 members (excludes halogenated alkanes) is 1. The molecule has 0 radical (unpaired) electrons. The fourth-order valence-corrected chi connectivity index (χ4v) is 3.13. The molecule has 2 atom stereocenters. The number of carbonyl (C=O) groups is 2. The number of cyclic esters (lactones) is 1. The van der Waals surface area contributed by atoms with Gasteiger partial charge in [-0.1, -0.05) is 38.5 Å². The number of rotatable bonds is 6. The lowest BCUT2D eigenvalue weighted by Crippen LogP contribution is -2.63. The van der Waals surface area contributed by atoms with E-state index in [1.165, 1.54) is 38.5 Å². The van der Waals surface area contributed by atoms with Crippen LogP contribution in [0.25, 0.3) is 0 Å². The van der Waals surface area contributed by atoms with Crippen LogP contribution in [0, 0.1) is 5.92 Å². The summed E-state index contributed by atoms with van der Waals surface area (Å²) in [7, 11) is 0. The van der Waals surface area contributed by atoms with E-state index in [1.807, 2.05) is 0 Å². The zero-order valence-electron chi connectivity index (χ0n) is 12.8. The Kier molecular flexibility index (Phi) is 5.85. The van der Waals surface area contributed by atoms with Crippen molar-refractivity contribution in [1.82, 2.24) is 5.01 Å². The molecule has 2 N–H and O–H groups in total. The normalized spacial score (nSPS) is 25.9. The number of hydrazine groups is 1. The number of nitrogens with zero attached hydrogens (tertiary/aromatic N) is 1. The first kappa shape index (κ1) is 16.1. The molecule has 0 bridgehead atoms. The SMILES string of the molecule is C[C@@H]1OC(=O)[C@@H]1N(N)C(=O)OCCCCC1CCCCC1. The molecule has 1 amide bonds. The van der Waals surface area contributed by atoms with E-state index in [2.05, 4.69) is 0 Å². The van der Waals surface area contributed by atoms with Gasteiger partial charge >= 0.3 is 12.1 Å². The van der Waals surface area contributed by atoms with Gasteiger partial charge in [0.15, 0.2) is 6.04 Å². The van der Waals surface area contributed by atoms with E-state index in [-0.39, 0.29) is 6.10 Å². The molecule has 2 rings (SSSR count). The van der Waals surface area contributed by atoms with Gasteiger partial charge in [0.05, 0.1) is 6.61 Å².